The van der Waals surface area contributed by atoms with E-state index in [-0.39, 0.29) is 24.3 Å². The van der Waals surface area contributed by atoms with Crippen molar-refractivity contribution in [3.05, 3.63) is 158 Å². The van der Waals surface area contributed by atoms with E-state index >= 15 is 0 Å². The van der Waals surface area contributed by atoms with E-state index in [1.165, 1.54) is 5.56 Å². The average Bonchev–Trinajstić information content (AvgIpc) is 3.37. The average molecular weight is 866 g/mol. The molecule has 0 radical (unpaired) electrons. The molecule has 0 amide bonds. The zero-order chi connectivity index (χ0) is 44.1. The highest BCUT2D eigenvalue weighted by Gasteiger charge is 2.55. The van der Waals surface area contributed by atoms with Crippen LogP contribution in [0.3, 0.4) is 0 Å². The molecule has 330 valence electrons. The van der Waals surface area contributed by atoms with E-state index in [1.54, 1.807) is 14.2 Å². The van der Waals surface area contributed by atoms with Crippen LogP contribution in [-0.2, 0) is 6.54 Å². The Balaban J connectivity index is 1.03. The van der Waals surface area contributed by atoms with Gasteiger partial charge in [-0.2, -0.15) is 0 Å². The maximum absolute atomic E-state index is 7.55. The molecule has 4 aromatic carbocycles. The number of ether oxygens (including phenoxy) is 4. The first-order valence-electron chi connectivity index (χ1n) is 23.3. The van der Waals surface area contributed by atoms with Crippen molar-refractivity contribution >= 4 is 32.6 Å². The molecule has 65 heavy (non-hydrogen) atoms. The molecule has 0 spiro atoms. The lowest BCUT2D eigenvalue weighted by molar-refractivity contribution is -0.984. The number of hydrogen-bond donors (Lipinski definition) is 0. The molecule has 6 aliphatic heterocycles. The van der Waals surface area contributed by atoms with E-state index in [0.29, 0.717) is 35.4 Å². The molecule has 0 aliphatic carbocycles. The lowest BCUT2D eigenvalue weighted by atomic mass is 9.71. The van der Waals surface area contributed by atoms with Gasteiger partial charge in [-0.15, -0.1) is 23.4 Å². The zero-order valence-electron chi connectivity index (χ0n) is 37.3. The van der Waals surface area contributed by atoms with Gasteiger partial charge < -0.3 is 23.4 Å². The van der Waals surface area contributed by atoms with E-state index < -0.39 is 0 Å². The van der Waals surface area contributed by atoms with Crippen molar-refractivity contribution in [2.75, 3.05) is 40.4 Å². The van der Waals surface area contributed by atoms with Crippen LogP contribution in [-0.4, -0.2) is 82.0 Å². The second-order valence-corrected chi connectivity index (χ2v) is 18.8. The van der Waals surface area contributed by atoms with Crippen molar-refractivity contribution in [2.24, 2.45) is 23.7 Å². The van der Waals surface area contributed by atoms with Gasteiger partial charge in [-0.05, 0) is 97.8 Å². The monoisotopic (exact) mass is 865 g/mol. The molecular weight excluding hydrogens is 809 g/mol. The molecule has 9 heterocycles. The number of aromatic nitrogens is 4. The standard InChI is InChI=1S/C55H57N6O4/c1-5-36-32-60-26-22-38(36)28-50(60)52(42-20-24-56-48-18-16-40(62-3)30-46(42)48)64-54-44-14-10-11-15-45(44)55(59-58-54)65-53(43-21-25-57-49-19-17-41(63-4)31-47(43)49)51-29-39-23-27-61(51,34-37(39)6-2)33-35-12-8-7-9-13-35/h5-21,24-25,30-31,36-39,50-53H,1-2,22-23,26-29,32-34H2,3-4H3/q+1/t36-,37-,38-,39-,50+,51+,52+,53+,61?/m0/s1. The minimum atomic E-state index is -0.385. The highest BCUT2D eigenvalue weighted by atomic mass is 16.5. The fraction of sp³-hybridized carbons (Fsp3) is 0.345. The number of fused-ring (bicyclic) bond motifs is 9. The molecular formula is C55H57N6O4+. The van der Waals surface area contributed by atoms with Crippen LogP contribution < -0.4 is 18.9 Å². The van der Waals surface area contributed by atoms with Gasteiger partial charge in [-0.3, -0.25) is 14.9 Å². The van der Waals surface area contributed by atoms with Crippen molar-refractivity contribution in [2.45, 2.75) is 56.5 Å². The maximum atomic E-state index is 7.55. The van der Waals surface area contributed by atoms with Crippen molar-refractivity contribution in [3.63, 3.8) is 0 Å². The Hall–Kier alpha value is -6.36. The number of nitrogens with zero attached hydrogens (tertiary/aromatic N) is 6. The van der Waals surface area contributed by atoms with Crippen molar-refractivity contribution < 1.29 is 23.4 Å². The van der Waals surface area contributed by atoms with E-state index in [4.69, 9.17) is 39.1 Å². The second-order valence-electron chi connectivity index (χ2n) is 18.8. The van der Waals surface area contributed by atoms with E-state index in [2.05, 4.69) is 96.9 Å². The number of piperidine rings is 6. The van der Waals surface area contributed by atoms with Crippen LogP contribution in [0.5, 0.6) is 23.3 Å². The van der Waals surface area contributed by atoms with Crippen LogP contribution in [0, 0.1) is 23.7 Å². The van der Waals surface area contributed by atoms with E-state index in [9.17, 15) is 0 Å². The number of quaternary nitrogens is 1. The van der Waals surface area contributed by atoms with Crippen LogP contribution in [0.1, 0.15) is 54.6 Å². The first-order valence-corrected chi connectivity index (χ1v) is 23.3. The number of hydrogen-bond acceptors (Lipinski definition) is 9. The van der Waals surface area contributed by atoms with Crippen molar-refractivity contribution in [1.29, 1.82) is 0 Å². The summed E-state index contributed by atoms with van der Waals surface area (Å²) in [6.07, 6.45) is 11.7. The normalized spacial score (nSPS) is 26.7. The molecule has 0 saturated carbocycles. The third-order valence-corrected chi connectivity index (χ3v) is 15.5. The van der Waals surface area contributed by atoms with Gasteiger partial charge in [0.15, 0.2) is 6.10 Å². The fourth-order valence-electron chi connectivity index (χ4n) is 12.2. The first-order chi connectivity index (χ1) is 31.9. The van der Waals surface area contributed by atoms with E-state index in [1.807, 2.05) is 48.8 Å². The number of pyridine rings is 2. The Morgan fingerprint density at radius 1 is 0.677 bits per heavy atom. The quantitative estimate of drug-likeness (QED) is 0.0783. The van der Waals surface area contributed by atoms with E-state index in [0.717, 1.165) is 118 Å². The molecule has 3 aromatic heterocycles. The summed E-state index contributed by atoms with van der Waals surface area (Å²) in [5.41, 5.74) is 5.23. The van der Waals surface area contributed by atoms with Crippen molar-refractivity contribution in [1.82, 2.24) is 25.1 Å². The predicted octanol–water partition coefficient (Wildman–Crippen LogP) is 10.5. The molecule has 13 rings (SSSR count). The van der Waals surface area contributed by atoms with Gasteiger partial charge >= 0.3 is 0 Å². The third kappa shape index (κ3) is 7.46. The molecule has 10 nitrogen and oxygen atoms in total. The molecule has 6 saturated heterocycles. The highest BCUT2D eigenvalue weighted by molar-refractivity contribution is 5.91. The van der Waals surface area contributed by atoms with Gasteiger partial charge in [0.2, 0.25) is 11.8 Å². The molecule has 7 aromatic rings. The van der Waals surface area contributed by atoms with Gasteiger partial charge in [0.25, 0.3) is 0 Å². The van der Waals surface area contributed by atoms with Crippen LogP contribution in [0.25, 0.3) is 32.6 Å². The summed E-state index contributed by atoms with van der Waals surface area (Å²) in [6.45, 7) is 13.5. The number of benzene rings is 4. The first kappa shape index (κ1) is 41.4. The van der Waals surface area contributed by atoms with Crippen LogP contribution in [0.2, 0.25) is 0 Å². The lowest BCUT2D eigenvalue weighted by Crippen LogP contribution is -2.68. The summed E-state index contributed by atoms with van der Waals surface area (Å²) in [6, 6.07) is 35.8. The summed E-state index contributed by atoms with van der Waals surface area (Å²) in [5.74, 6) is 4.46. The lowest BCUT2D eigenvalue weighted by Gasteiger charge is -2.58. The summed E-state index contributed by atoms with van der Waals surface area (Å²) < 4.78 is 27.3. The summed E-state index contributed by atoms with van der Waals surface area (Å²) in [5, 5.41) is 13.7. The van der Waals surface area contributed by atoms with Gasteiger partial charge in [0.1, 0.15) is 30.2 Å². The summed E-state index contributed by atoms with van der Waals surface area (Å²) >= 11 is 0. The second kappa shape index (κ2) is 17.2. The molecule has 4 bridgehead atoms. The molecule has 2 unspecified atom stereocenters. The smallest absolute Gasteiger partial charge is 0.242 e. The Morgan fingerprint density at radius 2 is 1.28 bits per heavy atom. The van der Waals surface area contributed by atoms with Crippen LogP contribution >= 0.6 is 0 Å². The SMILES string of the molecule is C=C[C@H]1CN2CC[C@H]1C[C@@H]2[C@H](Oc1nnc(O[C@H](c2ccnc3ccc(OC)cc23)[C@H]2C[C@@H]3CC[N+]2(Cc2ccccc2)C[C@@H]3C=C)c2ccccc12)c1ccnc2ccc(OC)cc12. The predicted molar refractivity (Wildman–Crippen MR) is 255 cm³/mol. The minimum absolute atomic E-state index is 0.106. The Labute approximate surface area is 381 Å². The van der Waals surface area contributed by atoms with Gasteiger partial charge in [0.05, 0.1) is 55.2 Å². The maximum Gasteiger partial charge on any atom is 0.242 e. The molecule has 6 aliphatic rings. The van der Waals surface area contributed by atoms with Crippen LogP contribution in [0.15, 0.2) is 141 Å². The van der Waals surface area contributed by atoms with Gasteiger partial charge in [-0.25, -0.2) is 0 Å². The topological polar surface area (TPSA) is 91.7 Å². The van der Waals surface area contributed by atoms with Gasteiger partial charge in [-0.1, -0.05) is 54.6 Å². The van der Waals surface area contributed by atoms with Crippen molar-refractivity contribution in [3.8, 4) is 23.3 Å². The summed E-state index contributed by atoms with van der Waals surface area (Å²) in [4.78, 5) is 12.2. The fourth-order valence-corrected chi connectivity index (χ4v) is 12.2. The number of methoxy groups -OCH3 is 2. The molecule has 0 N–H and O–H groups in total. The molecule has 10 atom stereocenters. The third-order valence-electron chi connectivity index (χ3n) is 15.5. The van der Waals surface area contributed by atoms with Gasteiger partial charge in [0, 0.05) is 65.2 Å². The van der Waals surface area contributed by atoms with Crippen LogP contribution in [0.4, 0.5) is 0 Å². The Bertz CT molecular complexity index is 2890. The minimum Gasteiger partial charge on any atom is -0.497 e. The Kier molecular flexibility index (Phi) is 11.0. The highest BCUT2D eigenvalue weighted by Crippen LogP contribution is 2.50. The summed E-state index contributed by atoms with van der Waals surface area (Å²) in [7, 11) is 3.42. The number of rotatable bonds is 14. The largest absolute Gasteiger partial charge is 0.497 e. The molecule has 6 fully saturated rings. The molecule has 10 heteroatoms. The Morgan fingerprint density at radius 3 is 1.88 bits per heavy atom. The zero-order valence-corrected chi connectivity index (χ0v) is 37.3.